The molecule has 0 unspecified atom stereocenters. The van der Waals surface area contributed by atoms with E-state index in [1.807, 2.05) is 6.92 Å². The first kappa shape index (κ1) is 17.8. The van der Waals surface area contributed by atoms with E-state index < -0.39 is 11.4 Å². The van der Waals surface area contributed by atoms with Crippen LogP contribution in [0.2, 0.25) is 0 Å². The van der Waals surface area contributed by atoms with Gasteiger partial charge in [0.15, 0.2) is 0 Å². The highest BCUT2D eigenvalue weighted by Crippen LogP contribution is 2.35. The van der Waals surface area contributed by atoms with E-state index in [-0.39, 0.29) is 6.03 Å². The van der Waals surface area contributed by atoms with Crippen LogP contribution < -0.4 is 5.32 Å². The van der Waals surface area contributed by atoms with Gasteiger partial charge in [0.25, 0.3) is 0 Å². The van der Waals surface area contributed by atoms with Crippen LogP contribution in [0.1, 0.15) is 45.4 Å². The van der Waals surface area contributed by atoms with Crippen molar-refractivity contribution in [2.24, 2.45) is 5.41 Å². The lowest BCUT2D eigenvalue weighted by molar-refractivity contribution is -0.151. The largest absolute Gasteiger partial charge is 0.481 e. The molecule has 0 saturated carbocycles. The average Bonchev–Trinajstić information content (AvgIpc) is 2.50. The lowest BCUT2D eigenvalue weighted by atomic mass is 9.76. The zero-order chi connectivity index (χ0) is 15.7. The molecular weight excluding hydrogens is 272 g/mol. The molecule has 21 heavy (non-hydrogen) atoms. The van der Waals surface area contributed by atoms with E-state index in [9.17, 15) is 14.7 Å². The summed E-state index contributed by atoms with van der Waals surface area (Å²) in [5, 5.41) is 12.2. The molecule has 0 bridgehead atoms. The fraction of sp³-hybridized carbons (Fsp3) is 0.867. The minimum atomic E-state index is -0.733. The normalized spacial score (nSPS) is 17.5. The van der Waals surface area contributed by atoms with Gasteiger partial charge in [-0.2, -0.15) is 0 Å². The van der Waals surface area contributed by atoms with E-state index in [1.54, 1.807) is 12.0 Å². The van der Waals surface area contributed by atoms with Crippen LogP contribution in [0.3, 0.4) is 0 Å². The lowest BCUT2D eigenvalue weighted by Gasteiger charge is -2.38. The molecule has 122 valence electrons. The summed E-state index contributed by atoms with van der Waals surface area (Å²) in [6.45, 7) is 4.38. The fourth-order valence-corrected chi connectivity index (χ4v) is 2.71. The molecule has 1 fully saturated rings. The summed E-state index contributed by atoms with van der Waals surface area (Å²) in [6, 6.07) is -0.0724. The van der Waals surface area contributed by atoms with Gasteiger partial charge in [0.05, 0.1) is 5.41 Å². The maximum Gasteiger partial charge on any atom is 0.317 e. The SMILES string of the molecule is CCC1(C(=O)O)CCN(C(=O)NCCCCCOC)CC1. The van der Waals surface area contributed by atoms with Gasteiger partial charge in [-0.05, 0) is 38.5 Å². The van der Waals surface area contributed by atoms with Crippen molar-refractivity contribution in [1.82, 2.24) is 10.2 Å². The third kappa shape index (κ3) is 5.19. The number of likely N-dealkylation sites (tertiary alicyclic amines) is 1. The Labute approximate surface area is 126 Å². The van der Waals surface area contributed by atoms with Crippen LogP contribution in [-0.4, -0.2) is 55.4 Å². The Kier molecular flexibility index (Phi) is 7.50. The Balaban J connectivity index is 2.24. The van der Waals surface area contributed by atoms with Crippen molar-refractivity contribution in [3.05, 3.63) is 0 Å². The number of urea groups is 1. The van der Waals surface area contributed by atoms with Gasteiger partial charge >= 0.3 is 12.0 Å². The quantitative estimate of drug-likeness (QED) is 0.673. The highest BCUT2D eigenvalue weighted by Gasteiger charge is 2.40. The van der Waals surface area contributed by atoms with E-state index in [4.69, 9.17) is 4.74 Å². The molecule has 1 aliphatic heterocycles. The van der Waals surface area contributed by atoms with Gasteiger partial charge in [0.1, 0.15) is 0 Å². The number of ether oxygens (including phenoxy) is 1. The highest BCUT2D eigenvalue weighted by atomic mass is 16.5. The van der Waals surface area contributed by atoms with Crippen molar-refractivity contribution in [2.75, 3.05) is 33.4 Å². The van der Waals surface area contributed by atoms with Crippen LogP contribution in [0.5, 0.6) is 0 Å². The average molecular weight is 300 g/mol. The summed E-state index contributed by atoms with van der Waals surface area (Å²) < 4.78 is 4.97. The number of carbonyl (C=O) groups excluding carboxylic acids is 1. The van der Waals surface area contributed by atoms with Crippen LogP contribution in [0.4, 0.5) is 4.79 Å². The number of amides is 2. The summed E-state index contributed by atoms with van der Waals surface area (Å²) in [5.74, 6) is -0.733. The standard InChI is InChI=1S/C15H28N2O4/c1-3-15(13(18)19)7-10-17(11-8-15)14(20)16-9-5-4-6-12-21-2/h3-12H2,1-2H3,(H,16,20)(H,18,19). The molecule has 0 aromatic rings. The number of nitrogens with zero attached hydrogens (tertiary/aromatic N) is 1. The molecule has 0 radical (unpaired) electrons. The fourth-order valence-electron chi connectivity index (χ4n) is 2.71. The first-order valence-electron chi connectivity index (χ1n) is 7.81. The van der Waals surface area contributed by atoms with Gasteiger partial charge in [-0.1, -0.05) is 6.92 Å². The number of rotatable bonds is 8. The summed E-state index contributed by atoms with van der Waals surface area (Å²) in [4.78, 5) is 25.1. The Morgan fingerprint density at radius 3 is 2.43 bits per heavy atom. The molecule has 6 nitrogen and oxygen atoms in total. The summed E-state index contributed by atoms with van der Waals surface area (Å²) in [6.07, 6.45) is 4.69. The minimum absolute atomic E-state index is 0.0724. The monoisotopic (exact) mass is 300 g/mol. The molecule has 6 heteroatoms. The number of unbranched alkanes of at least 4 members (excludes halogenated alkanes) is 2. The van der Waals surface area contributed by atoms with Crippen LogP contribution in [0.15, 0.2) is 0 Å². The molecule has 2 amide bonds. The molecule has 0 aromatic carbocycles. The van der Waals surface area contributed by atoms with Gasteiger partial charge in [-0.15, -0.1) is 0 Å². The molecule has 0 aromatic heterocycles. The molecule has 1 heterocycles. The first-order chi connectivity index (χ1) is 10.1. The number of carboxylic acid groups (broad SMARTS) is 1. The van der Waals surface area contributed by atoms with Crippen LogP contribution in [0.25, 0.3) is 0 Å². The highest BCUT2D eigenvalue weighted by molar-refractivity contribution is 5.77. The Morgan fingerprint density at radius 1 is 1.24 bits per heavy atom. The number of piperidine rings is 1. The van der Waals surface area contributed by atoms with Crippen LogP contribution >= 0.6 is 0 Å². The molecular formula is C15H28N2O4. The van der Waals surface area contributed by atoms with Crippen LogP contribution in [-0.2, 0) is 9.53 Å². The van der Waals surface area contributed by atoms with Crippen molar-refractivity contribution in [3.8, 4) is 0 Å². The van der Waals surface area contributed by atoms with Crippen LogP contribution in [0, 0.1) is 5.41 Å². The number of carbonyl (C=O) groups is 2. The second-order valence-electron chi connectivity index (χ2n) is 5.71. The van der Waals surface area contributed by atoms with Gasteiger partial charge in [0, 0.05) is 33.4 Å². The third-order valence-corrected chi connectivity index (χ3v) is 4.44. The smallest absolute Gasteiger partial charge is 0.317 e. The Morgan fingerprint density at radius 2 is 1.90 bits per heavy atom. The van der Waals surface area contributed by atoms with Gasteiger partial charge in [-0.3, -0.25) is 4.79 Å². The maximum absolute atomic E-state index is 12.0. The number of hydrogen-bond donors (Lipinski definition) is 2. The third-order valence-electron chi connectivity index (χ3n) is 4.44. The molecule has 0 spiro atoms. The van der Waals surface area contributed by atoms with Crippen molar-refractivity contribution in [2.45, 2.75) is 45.4 Å². The predicted octanol–water partition coefficient (Wildman–Crippen LogP) is 2.09. The summed E-state index contributed by atoms with van der Waals surface area (Å²) in [5.41, 5.74) is -0.642. The van der Waals surface area contributed by atoms with E-state index in [0.717, 1.165) is 25.9 Å². The van der Waals surface area contributed by atoms with Crippen molar-refractivity contribution >= 4 is 12.0 Å². The van der Waals surface area contributed by atoms with E-state index in [2.05, 4.69) is 5.32 Å². The maximum atomic E-state index is 12.0. The number of hydrogen-bond acceptors (Lipinski definition) is 3. The Hall–Kier alpha value is -1.30. The zero-order valence-electron chi connectivity index (χ0n) is 13.2. The van der Waals surface area contributed by atoms with Gasteiger partial charge in [0.2, 0.25) is 0 Å². The summed E-state index contributed by atoms with van der Waals surface area (Å²) in [7, 11) is 1.69. The first-order valence-corrected chi connectivity index (χ1v) is 7.81. The molecule has 2 N–H and O–H groups in total. The van der Waals surface area contributed by atoms with Crippen molar-refractivity contribution in [1.29, 1.82) is 0 Å². The van der Waals surface area contributed by atoms with Crippen molar-refractivity contribution in [3.63, 3.8) is 0 Å². The molecule has 0 atom stereocenters. The molecule has 1 saturated heterocycles. The number of methoxy groups -OCH3 is 1. The summed E-state index contributed by atoms with van der Waals surface area (Å²) >= 11 is 0. The van der Waals surface area contributed by atoms with Gasteiger partial charge < -0.3 is 20.1 Å². The predicted molar refractivity (Wildman–Crippen MR) is 80.3 cm³/mol. The second-order valence-corrected chi connectivity index (χ2v) is 5.71. The zero-order valence-corrected chi connectivity index (χ0v) is 13.2. The van der Waals surface area contributed by atoms with Crippen molar-refractivity contribution < 1.29 is 19.4 Å². The number of nitrogens with one attached hydrogen (secondary N) is 1. The number of aliphatic carboxylic acids is 1. The van der Waals surface area contributed by atoms with Gasteiger partial charge in [-0.25, -0.2) is 4.79 Å². The van der Waals surface area contributed by atoms with E-state index in [1.165, 1.54) is 0 Å². The molecule has 1 rings (SSSR count). The molecule has 0 aliphatic carbocycles. The second kappa shape index (κ2) is 8.87. The van der Waals surface area contributed by atoms with E-state index >= 15 is 0 Å². The topological polar surface area (TPSA) is 78.9 Å². The minimum Gasteiger partial charge on any atom is -0.481 e. The van der Waals surface area contributed by atoms with E-state index in [0.29, 0.717) is 38.9 Å². The molecule has 1 aliphatic rings. The lowest BCUT2D eigenvalue weighted by Crippen LogP contribution is -2.49. The Bertz CT molecular complexity index is 339. The number of carboxylic acids is 1.